The molecule has 0 aliphatic heterocycles. The molecule has 0 saturated heterocycles. The Labute approximate surface area is 77.9 Å². The minimum Gasteiger partial charge on any atom is -0.544 e. The lowest BCUT2D eigenvalue weighted by Crippen LogP contribution is -2.53. The smallest absolute Gasteiger partial charge is 0.223 e. The summed E-state index contributed by atoms with van der Waals surface area (Å²) in [5.41, 5.74) is 0. The van der Waals surface area contributed by atoms with Crippen LogP contribution in [-0.4, -0.2) is 43.7 Å². The summed E-state index contributed by atoms with van der Waals surface area (Å²) in [5, 5.41) is 12.9. The molecule has 0 bridgehead atoms. The van der Waals surface area contributed by atoms with Crippen molar-refractivity contribution in [1.29, 1.82) is 0 Å². The zero-order valence-electron chi connectivity index (χ0n) is 8.29. The Morgan fingerprint density at radius 1 is 1.38 bits per heavy atom. The number of carbonyl (C=O) groups is 2. The summed E-state index contributed by atoms with van der Waals surface area (Å²) in [4.78, 5) is 21.1. The van der Waals surface area contributed by atoms with E-state index in [-0.39, 0.29) is 16.9 Å². The molecule has 0 aromatic rings. The molecular weight excluding hydrogens is 172 g/mol. The SMILES string of the molecule is CCC(=O)NC[N+](C)(C)CC(=O)[O-]. The molecule has 0 heterocycles. The van der Waals surface area contributed by atoms with Crippen LogP contribution in [-0.2, 0) is 9.59 Å². The molecule has 0 radical (unpaired) electrons. The second-order valence-electron chi connectivity index (χ2n) is 3.58. The van der Waals surface area contributed by atoms with Crippen molar-refractivity contribution in [2.75, 3.05) is 27.3 Å². The van der Waals surface area contributed by atoms with Gasteiger partial charge in [0.15, 0.2) is 6.67 Å². The monoisotopic (exact) mass is 188 g/mol. The van der Waals surface area contributed by atoms with Crippen LogP contribution in [0.1, 0.15) is 13.3 Å². The summed E-state index contributed by atoms with van der Waals surface area (Å²) in [6.07, 6.45) is 0.408. The largest absolute Gasteiger partial charge is 0.544 e. The van der Waals surface area contributed by atoms with Crippen LogP contribution in [0, 0.1) is 0 Å². The van der Waals surface area contributed by atoms with E-state index in [1.807, 2.05) is 0 Å². The average molecular weight is 188 g/mol. The topological polar surface area (TPSA) is 69.2 Å². The lowest BCUT2D eigenvalue weighted by molar-refractivity contribution is -0.886. The predicted molar refractivity (Wildman–Crippen MR) is 45.3 cm³/mol. The van der Waals surface area contributed by atoms with Gasteiger partial charge in [0.05, 0.1) is 20.1 Å². The zero-order chi connectivity index (χ0) is 10.5. The normalized spacial score (nSPS) is 11.0. The van der Waals surface area contributed by atoms with E-state index < -0.39 is 5.97 Å². The molecule has 5 heteroatoms. The van der Waals surface area contributed by atoms with Gasteiger partial charge in [0.2, 0.25) is 5.91 Å². The van der Waals surface area contributed by atoms with Gasteiger partial charge in [-0.1, -0.05) is 6.92 Å². The minimum absolute atomic E-state index is 0.0791. The van der Waals surface area contributed by atoms with Gasteiger partial charge in [-0.05, 0) is 0 Å². The van der Waals surface area contributed by atoms with Crippen LogP contribution >= 0.6 is 0 Å². The van der Waals surface area contributed by atoms with Crippen LogP contribution < -0.4 is 10.4 Å². The first kappa shape index (κ1) is 11.9. The standard InChI is InChI=1S/C8H16N2O3/c1-4-7(11)9-6-10(2,3)5-8(12)13/h4-6H2,1-3H3,(H-,9,11,12,13). The highest BCUT2D eigenvalue weighted by molar-refractivity contribution is 5.75. The second kappa shape index (κ2) is 4.81. The lowest BCUT2D eigenvalue weighted by Gasteiger charge is -2.29. The molecule has 0 aliphatic rings. The van der Waals surface area contributed by atoms with Gasteiger partial charge in [-0.15, -0.1) is 0 Å². The second-order valence-corrected chi connectivity index (χ2v) is 3.58. The van der Waals surface area contributed by atoms with Crippen molar-refractivity contribution in [3.05, 3.63) is 0 Å². The molecule has 0 saturated carbocycles. The van der Waals surface area contributed by atoms with Crippen LogP contribution in [0.15, 0.2) is 0 Å². The number of carbonyl (C=O) groups excluding carboxylic acids is 2. The van der Waals surface area contributed by atoms with Gasteiger partial charge in [0.1, 0.15) is 6.54 Å². The highest BCUT2D eigenvalue weighted by Gasteiger charge is 2.15. The number of carboxylic acid groups (broad SMARTS) is 1. The molecule has 0 fully saturated rings. The number of hydrogen-bond donors (Lipinski definition) is 1. The maximum atomic E-state index is 10.9. The number of aliphatic carboxylic acids is 1. The minimum atomic E-state index is -1.12. The lowest BCUT2D eigenvalue weighted by atomic mass is 10.4. The molecule has 0 spiro atoms. The molecular formula is C8H16N2O3. The van der Waals surface area contributed by atoms with Gasteiger partial charge in [-0.25, -0.2) is 0 Å². The van der Waals surface area contributed by atoms with E-state index in [1.54, 1.807) is 21.0 Å². The molecule has 1 amide bonds. The molecule has 0 aromatic heterocycles. The fraction of sp³-hybridized carbons (Fsp3) is 0.750. The fourth-order valence-electron chi connectivity index (χ4n) is 0.833. The average Bonchev–Trinajstić information content (AvgIpc) is 1.98. The Morgan fingerprint density at radius 2 is 1.92 bits per heavy atom. The molecule has 5 nitrogen and oxygen atoms in total. The number of quaternary nitrogens is 1. The molecule has 0 atom stereocenters. The number of nitrogens with one attached hydrogen (secondary N) is 1. The van der Waals surface area contributed by atoms with E-state index in [0.717, 1.165) is 0 Å². The van der Waals surface area contributed by atoms with E-state index in [2.05, 4.69) is 5.32 Å². The first-order valence-electron chi connectivity index (χ1n) is 4.16. The maximum absolute atomic E-state index is 10.9. The molecule has 13 heavy (non-hydrogen) atoms. The Hall–Kier alpha value is -1.10. The fourth-order valence-corrected chi connectivity index (χ4v) is 0.833. The Bertz CT molecular complexity index is 202. The van der Waals surface area contributed by atoms with Gasteiger partial charge < -0.3 is 19.7 Å². The Kier molecular flexibility index (Phi) is 4.40. The zero-order valence-corrected chi connectivity index (χ0v) is 8.29. The molecule has 76 valence electrons. The van der Waals surface area contributed by atoms with Gasteiger partial charge >= 0.3 is 0 Å². The van der Waals surface area contributed by atoms with Crippen molar-refractivity contribution in [2.45, 2.75) is 13.3 Å². The van der Waals surface area contributed by atoms with E-state index in [9.17, 15) is 14.7 Å². The number of rotatable bonds is 5. The van der Waals surface area contributed by atoms with Gasteiger partial charge in [0, 0.05) is 6.42 Å². The third-order valence-corrected chi connectivity index (χ3v) is 1.58. The van der Waals surface area contributed by atoms with Crippen molar-refractivity contribution in [3.8, 4) is 0 Å². The van der Waals surface area contributed by atoms with Crippen molar-refractivity contribution >= 4 is 11.9 Å². The molecule has 0 aromatic carbocycles. The van der Waals surface area contributed by atoms with Crippen LogP contribution in [0.4, 0.5) is 0 Å². The van der Waals surface area contributed by atoms with E-state index in [1.165, 1.54) is 0 Å². The maximum Gasteiger partial charge on any atom is 0.223 e. The summed E-state index contributed by atoms with van der Waals surface area (Å²) in [6, 6.07) is 0. The third kappa shape index (κ3) is 6.10. The van der Waals surface area contributed by atoms with Gasteiger partial charge in [0.25, 0.3) is 0 Å². The summed E-state index contributed by atoms with van der Waals surface area (Å²) < 4.78 is 0.189. The first-order chi connectivity index (χ1) is 5.87. The van der Waals surface area contributed by atoms with Crippen molar-refractivity contribution in [3.63, 3.8) is 0 Å². The first-order valence-corrected chi connectivity index (χ1v) is 4.16. The highest BCUT2D eigenvalue weighted by Crippen LogP contribution is 1.92. The van der Waals surface area contributed by atoms with Crippen molar-refractivity contribution in [1.82, 2.24) is 5.32 Å². The van der Waals surface area contributed by atoms with Crippen LogP contribution in [0.5, 0.6) is 0 Å². The Morgan fingerprint density at radius 3 is 2.31 bits per heavy atom. The molecule has 0 aliphatic carbocycles. The predicted octanol–water partition coefficient (Wildman–Crippen LogP) is -1.70. The van der Waals surface area contributed by atoms with E-state index in [4.69, 9.17) is 0 Å². The summed E-state index contributed by atoms with van der Waals surface area (Å²) in [5.74, 6) is -1.19. The van der Waals surface area contributed by atoms with Crippen molar-refractivity contribution in [2.24, 2.45) is 0 Å². The summed E-state index contributed by atoms with van der Waals surface area (Å²) >= 11 is 0. The summed E-state index contributed by atoms with van der Waals surface area (Å²) in [6.45, 7) is 1.94. The van der Waals surface area contributed by atoms with E-state index in [0.29, 0.717) is 13.1 Å². The highest BCUT2D eigenvalue weighted by atomic mass is 16.4. The van der Waals surface area contributed by atoms with Crippen LogP contribution in [0.2, 0.25) is 0 Å². The van der Waals surface area contributed by atoms with Crippen LogP contribution in [0.3, 0.4) is 0 Å². The number of likely N-dealkylation sites (N-methyl/N-ethyl adjacent to an activating group) is 1. The quantitative estimate of drug-likeness (QED) is 0.413. The number of amides is 1. The Balaban J connectivity index is 3.88. The van der Waals surface area contributed by atoms with Gasteiger partial charge in [-0.2, -0.15) is 0 Å². The number of hydrogen-bond acceptors (Lipinski definition) is 3. The van der Waals surface area contributed by atoms with Crippen LogP contribution in [0.25, 0.3) is 0 Å². The van der Waals surface area contributed by atoms with Crippen molar-refractivity contribution < 1.29 is 19.2 Å². The third-order valence-electron chi connectivity index (χ3n) is 1.58. The van der Waals surface area contributed by atoms with E-state index >= 15 is 0 Å². The van der Waals surface area contributed by atoms with Gasteiger partial charge in [-0.3, -0.25) is 4.79 Å². The summed E-state index contributed by atoms with van der Waals surface area (Å²) in [7, 11) is 3.43. The number of carboxylic acids is 1. The number of nitrogens with zero attached hydrogens (tertiary/aromatic N) is 1. The molecule has 0 unspecified atom stereocenters. The molecule has 0 rings (SSSR count). The molecule has 1 N–H and O–H groups in total.